The number of hydrogen-bond donors (Lipinski definition) is 1. The zero-order valence-corrected chi connectivity index (χ0v) is 7.89. The van der Waals surface area contributed by atoms with E-state index in [0.29, 0.717) is 0 Å². The lowest BCUT2D eigenvalue weighted by atomic mass is 9.88. The summed E-state index contributed by atoms with van der Waals surface area (Å²) < 4.78 is 4.93. The van der Waals surface area contributed by atoms with Gasteiger partial charge in [-0.3, -0.25) is 0 Å². The third kappa shape index (κ3) is 6.32. The van der Waals surface area contributed by atoms with Crippen LogP contribution < -0.4 is 0 Å². The Morgan fingerprint density at radius 3 is 2.36 bits per heavy atom. The van der Waals surface area contributed by atoms with Crippen molar-refractivity contribution in [3.63, 3.8) is 0 Å². The standard InChI is InChI=1S/C9H20O2/c1-9(2,8-10)6-4-5-7-11-3/h10H,4-8H2,1-3H3. The van der Waals surface area contributed by atoms with E-state index in [1.165, 1.54) is 0 Å². The number of aliphatic hydroxyl groups is 1. The highest BCUT2D eigenvalue weighted by atomic mass is 16.5. The van der Waals surface area contributed by atoms with Crippen LogP contribution in [0.3, 0.4) is 0 Å². The summed E-state index contributed by atoms with van der Waals surface area (Å²) in [6, 6.07) is 0. The molecular formula is C9H20O2. The minimum absolute atomic E-state index is 0.0910. The molecule has 11 heavy (non-hydrogen) atoms. The molecule has 0 saturated heterocycles. The Labute approximate surface area is 69.6 Å². The van der Waals surface area contributed by atoms with Gasteiger partial charge < -0.3 is 9.84 Å². The van der Waals surface area contributed by atoms with Crippen LogP contribution >= 0.6 is 0 Å². The highest BCUT2D eigenvalue weighted by Gasteiger charge is 2.14. The van der Waals surface area contributed by atoms with Crippen molar-refractivity contribution in [2.45, 2.75) is 33.1 Å². The van der Waals surface area contributed by atoms with Crippen molar-refractivity contribution >= 4 is 0 Å². The molecular weight excluding hydrogens is 140 g/mol. The molecule has 0 heterocycles. The minimum atomic E-state index is 0.0910. The van der Waals surface area contributed by atoms with E-state index in [1.54, 1.807) is 7.11 Å². The van der Waals surface area contributed by atoms with Crippen molar-refractivity contribution in [2.24, 2.45) is 5.41 Å². The second-order valence-corrected chi connectivity index (χ2v) is 3.77. The molecule has 0 bridgehead atoms. The molecule has 2 heteroatoms. The molecule has 0 aliphatic carbocycles. The highest BCUT2D eigenvalue weighted by molar-refractivity contribution is 4.66. The Kier molecular flexibility index (Phi) is 5.51. The molecule has 0 atom stereocenters. The first kappa shape index (κ1) is 10.9. The van der Waals surface area contributed by atoms with E-state index >= 15 is 0 Å². The average molecular weight is 160 g/mol. The van der Waals surface area contributed by atoms with Crippen LogP contribution in [0.4, 0.5) is 0 Å². The van der Waals surface area contributed by atoms with Crippen LogP contribution in [0.15, 0.2) is 0 Å². The normalized spacial score (nSPS) is 12.0. The van der Waals surface area contributed by atoms with Gasteiger partial charge in [0.05, 0.1) is 0 Å². The van der Waals surface area contributed by atoms with Gasteiger partial charge in [-0.25, -0.2) is 0 Å². The third-order valence-electron chi connectivity index (χ3n) is 1.88. The van der Waals surface area contributed by atoms with Gasteiger partial charge in [0.25, 0.3) is 0 Å². The first-order valence-electron chi connectivity index (χ1n) is 4.22. The molecule has 0 aromatic carbocycles. The highest BCUT2D eigenvalue weighted by Crippen LogP contribution is 2.21. The maximum atomic E-state index is 8.92. The fraction of sp³-hybridized carbons (Fsp3) is 1.00. The van der Waals surface area contributed by atoms with E-state index in [0.717, 1.165) is 25.9 Å². The fourth-order valence-corrected chi connectivity index (χ4v) is 0.929. The Hall–Kier alpha value is -0.0800. The fourth-order valence-electron chi connectivity index (χ4n) is 0.929. The zero-order valence-electron chi connectivity index (χ0n) is 7.89. The van der Waals surface area contributed by atoms with Crippen molar-refractivity contribution in [3.05, 3.63) is 0 Å². The van der Waals surface area contributed by atoms with Crippen LogP contribution in [0.25, 0.3) is 0 Å². The van der Waals surface area contributed by atoms with Gasteiger partial charge in [-0.05, 0) is 18.3 Å². The quantitative estimate of drug-likeness (QED) is 0.601. The van der Waals surface area contributed by atoms with Gasteiger partial charge in [0.15, 0.2) is 0 Å². The summed E-state index contributed by atoms with van der Waals surface area (Å²) in [5, 5.41) is 8.92. The predicted octanol–water partition coefficient (Wildman–Crippen LogP) is 1.82. The summed E-state index contributed by atoms with van der Waals surface area (Å²) in [4.78, 5) is 0. The van der Waals surface area contributed by atoms with Crippen molar-refractivity contribution in [1.29, 1.82) is 0 Å². The maximum absolute atomic E-state index is 8.92. The topological polar surface area (TPSA) is 29.5 Å². The second kappa shape index (κ2) is 5.56. The summed E-state index contributed by atoms with van der Waals surface area (Å²) in [5.74, 6) is 0. The number of rotatable bonds is 6. The molecule has 1 N–H and O–H groups in total. The number of ether oxygens (including phenoxy) is 1. The van der Waals surface area contributed by atoms with Crippen molar-refractivity contribution in [2.75, 3.05) is 20.3 Å². The largest absolute Gasteiger partial charge is 0.396 e. The van der Waals surface area contributed by atoms with Crippen LogP contribution in [-0.4, -0.2) is 25.4 Å². The van der Waals surface area contributed by atoms with E-state index in [2.05, 4.69) is 13.8 Å². The Morgan fingerprint density at radius 2 is 1.91 bits per heavy atom. The van der Waals surface area contributed by atoms with Crippen LogP contribution in [0.1, 0.15) is 33.1 Å². The lowest BCUT2D eigenvalue weighted by Gasteiger charge is -2.20. The molecule has 0 saturated carbocycles. The zero-order chi connectivity index (χ0) is 8.74. The first-order chi connectivity index (χ1) is 5.12. The van der Waals surface area contributed by atoms with Crippen molar-refractivity contribution in [1.82, 2.24) is 0 Å². The van der Waals surface area contributed by atoms with Gasteiger partial charge in [0, 0.05) is 20.3 Å². The lowest BCUT2D eigenvalue weighted by Crippen LogP contribution is -2.16. The molecule has 0 rings (SSSR count). The summed E-state index contributed by atoms with van der Waals surface area (Å²) in [6.07, 6.45) is 3.31. The molecule has 2 nitrogen and oxygen atoms in total. The SMILES string of the molecule is COCCCCC(C)(C)CO. The second-order valence-electron chi connectivity index (χ2n) is 3.77. The van der Waals surface area contributed by atoms with E-state index in [4.69, 9.17) is 9.84 Å². The van der Waals surface area contributed by atoms with Gasteiger partial charge in [0.1, 0.15) is 0 Å². The van der Waals surface area contributed by atoms with Gasteiger partial charge in [-0.2, -0.15) is 0 Å². The van der Waals surface area contributed by atoms with Gasteiger partial charge >= 0.3 is 0 Å². The molecule has 0 radical (unpaired) electrons. The smallest absolute Gasteiger partial charge is 0.0482 e. The van der Waals surface area contributed by atoms with Crippen LogP contribution in [0.2, 0.25) is 0 Å². The molecule has 68 valence electrons. The third-order valence-corrected chi connectivity index (χ3v) is 1.88. The van der Waals surface area contributed by atoms with Crippen LogP contribution in [0.5, 0.6) is 0 Å². The lowest BCUT2D eigenvalue weighted by molar-refractivity contribution is 0.138. The molecule has 0 amide bonds. The summed E-state index contributed by atoms with van der Waals surface area (Å²) in [5.41, 5.74) is 0.0910. The molecule has 0 fully saturated rings. The Morgan fingerprint density at radius 1 is 1.27 bits per heavy atom. The molecule has 0 aromatic rings. The number of unbranched alkanes of at least 4 members (excludes halogenated alkanes) is 1. The molecule has 0 spiro atoms. The summed E-state index contributed by atoms with van der Waals surface area (Å²) in [7, 11) is 1.72. The molecule has 0 aromatic heterocycles. The number of aliphatic hydroxyl groups excluding tert-OH is 1. The van der Waals surface area contributed by atoms with Crippen LogP contribution in [0, 0.1) is 5.41 Å². The first-order valence-corrected chi connectivity index (χ1v) is 4.22. The Bertz CT molecular complexity index is 89.6. The van der Waals surface area contributed by atoms with E-state index < -0.39 is 0 Å². The van der Waals surface area contributed by atoms with E-state index in [-0.39, 0.29) is 12.0 Å². The van der Waals surface area contributed by atoms with Crippen molar-refractivity contribution < 1.29 is 9.84 Å². The van der Waals surface area contributed by atoms with Gasteiger partial charge in [0.2, 0.25) is 0 Å². The monoisotopic (exact) mass is 160 g/mol. The van der Waals surface area contributed by atoms with Crippen molar-refractivity contribution in [3.8, 4) is 0 Å². The minimum Gasteiger partial charge on any atom is -0.396 e. The maximum Gasteiger partial charge on any atom is 0.0482 e. The number of hydrogen-bond acceptors (Lipinski definition) is 2. The molecule has 0 aliphatic rings. The Balaban J connectivity index is 3.23. The van der Waals surface area contributed by atoms with Crippen LogP contribution in [-0.2, 0) is 4.74 Å². The van der Waals surface area contributed by atoms with Gasteiger partial charge in [-0.15, -0.1) is 0 Å². The summed E-state index contributed by atoms with van der Waals surface area (Å²) in [6.45, 7) is 5.28. The molecule has 0 unspecified atom stereocenters. The number of methoxy groups -OCH3 is 1. The molecule has 0 aliphatic heterocycles. The summed E-state index contributed by atoms with van der Waals surface area (Å²) >= 11 is 0. The van der Waals surface area contributed by atoms with E-state index in [9.17, 15) is 0 Å². The predicted molar refractivity (Wildman–Crippen MR) is 46.6 cm³/mol. The average Bonchev–Trinajstić information content (AvgIpc) is 1.99. The van der Waals surface area contributed by atoms with Gasteiger partial charge in [-0.1, -0.05) is 20.3 Å². The van der Waals surface area contributed by atoms with E-state index in [1.807, 2.05) is 0 Å².